The Kier molecular flexibility index (Phi) is 5.52. The van der Waals surface area contributed by atoms with E-state index in [1.807, 2.05) is 5.01 Å². The quantitative estimate of drug-likeness (QED) is 0.398. The number of nitrogens with zero attached hydrogens (tertiary/aromatic N) is 3. The van der Waals surface area contributed by atoms with Crippen LogP contribution >= 0.6 is 12.6 Å². The molecule has 1 aliphatic carbocycles. The van der Waals surface area contributed by atoms with Crippen molar-refractivity contribution < 1.29 is 39.5 Å². The van der Waals surface area contributed by atoms with E-state index in [9.17, 15) is 9.90 Å². The summed E-state index contributed by atoms with van der Waals surface area (Å²) in [5.41, 5.74) is 2.52. The van der Waals surface area contributed by atoms with Crippen molar-refractivity contribution in [2.24, 2.45) is 16.3 Å². The first kappa shape index (κ1) is 14.2. The van der Waals surface area contributed by atoms with Gasteiger partial charge >= 0.3 is 29.6 Å². The minimum Gasteiger partial charge on any atom is -0.550 e. The van der Waals surface area contributed by atoms with Crippen LogP contribution in [0.1, 0.15) is 25.7 Å². The van der Waals surface area contributed by atoms with Gasteiger partial charge in [0.15, 0.2) is 5.50 Å². The number of hydrazine groups is 1. The number of hydrogen-bond donors (Lipinski definition) is 2. The largest absolute Gasteiger partial charge is 1.00 e. The summed E-state index contributed by atoms with van der Waals surface area (Å²) in [5.74, 6) is -1.23. The number of thiol groups is 1. The molecule has 16 heavy (non-hydrogen) atoms. The Balaban J connectivity index is 0.00000128. The molecule has 0 spiro atoms. The van der Waals surface area contributed by atoms with Gasteiger partial charge in [0.2, 0.25) is 0 Å². The first-order valence-electron chi connectivity index (χ1n) is 5.01. The Morgan fingerprint density at radius 1 is 1.38 bits per heavy atom. The molecule has 2 rings (SSSR count). The summed E-state index contributed by atoms with van der Waals surface area (Å²) in [5, 5.41) is 20.0. The zero-order valence-electron chi connectivity index (χ0n) is 9.17. The summed E-state index contributed by atoms with van der Waals surface area (Å²) >= 11 is 4.24. The number of rotatable bonds is 2. The van der Waals surface area contributed by atoms with Crippen LogP contribution in [0, 0.1) is 5.92 Å². The number of carbonyl (C=O) groups is 1. The fourth-order valence-electron chi connectivity index (χ4n) is 2.10. The van der Waals surface area contributed by atoms with Crippen LogP contribution < -0.4 is 40.2 Å². The van der Waals surface area contributed by atoms with Crippen LogP contribution in [0.2, 0.25) is 0 Å². The van der Waals surface area contributed by atoms with Crippen molar-refractivity contribution in [1.29, 1.82) is 0 Å². The molecule has 84 valence electrons. The Morgan fingerprint density at radius 2 is 2.00 bits per heavy atom. The summed E-state index contributed by atoms with van der Waals surface area (Å²) in [6, 6.07) is 0.262. The fourth-order valence-corrected chi connectivity index (χ4v) is 2.39. The molecular formula is C8H13N4NaO2S. The number of carboxylic acids is 1. The van der Waals surface area contributed by atoms with Crippen LogP contribution in [-0.4, -0.2) is 22.5 Å². The second-order valence-corrected chi connectivity index (χ2v) is 4.36. The van der Waals surface area contributed by atoms with Crippen LogP contribution in [0.5, 0.6) is 0 Å². The van der Waals surface area contributed by atoms with Crippen LogP contribution in [0.4, 0.5) is 0 Å². The van der Waals surface area contributed by atoms with Gasteiger partial charge < -0.3 is 9.90 Å². The van der Waals surface area contributed by atoms with Crippen molar-refractivity contribution in [3.8, 4) is 0 Å². The third-order valence-corrected chi connectivity index (χ3v) is 3.35. The molecule has 0 saturated heterocycles. The van der Waals surface area contributed by atoms with Gasteiger partial charge in [0.05, 0.1) is 0 Å². The van der Waals surface area contributed by atoms with Gasteiger partial charge in [-0.1, -0.05) is 5.22 Å². The van der Waals surface area contributed by atoms with E-state index >= 15 is 0 Å². The van der Waals surface area contributed by atoms with Crippen LogP contribution in [-0.2, 0) is 4.79 Å². The van der Waals surface area contributed by atoms with E-state index in [1.165, 1.54) is 0 Å². The molecule has 0 amide bonds. The molecule has 1 fully saturated rings. The molecule has 0 bridgehead atoms. The third-order valence-electron chi connectivity index (χ3n) is 2.99. The molecule has 1 atom stereocenters. The summed E-state index contributed by atoms with van der Waals surface area (Å²) in [7, 11) is 0. The molecule has 1 saturated carbocycles. The zero-order valence-corrected chi connectivity index (χ0v) is 12.1. The van der Waals surface area contributed by atoms with Crippen molar-refractivity contribution >= 4 is 18.6 Å². The molecule has 0 aromatic heterocycles. The van der Waals surface area contributed by atoms with Gasteiger partial charge in [0, 0.05) is 12.0 Å². The van der Waals surface area contributed by atoms with Crippen LogP contribution in [0.3, 0.4) is 0 Å². The average molecular weight is 252 g/mol. The number of aliphatic carboxylic acids is 1. The summed E-state index contributed by atoms with van der Waals surface area (Å²) in [6.07, 6.45) is 2.94. The van der Waals surface area contributed by atoms with Crippen molar-refractivity contribution in [2.45, 2.75) is 37.2 Å². The minimum absolute atomic E-state index is 0. The van der Waals surface area contributed by atoms with E-state index < -0.39 is 5.97 Å². The fraction of sp³-hybridized carbons (Fsp3) is 0.875. The predicted octanol–water partition coefficient (Wildman–Crippen LogP) is -3.30. The normalized spacial score (nSPS) is 34.2. The average Bonchev–Trinajstić information content (AvgIpc) is 2.65. The van der Waals surface area contributed by atoms with Gasteiger partial charge in [-0.3, -0.25) is 0 Å². The monoisotopic (exact) mass is 252 g/mol. The summed E-state index contributed by atoms with van der Waals surface area (Å²) in [6.45, 7) is 0. The molecule has 1 aliphatic heterocycles. The molecule has 2 aliphatic rings. The SMILES string of the molecule is O=C([O-])C1CCC(N2NN=NC2S)CC1.[Na+]. The van der Waals surface area contributed by atoms with Crippen LogP contribution in [0.25, 0.3) is 0 Å². The minimum atomic E-state index is -0.931. The summed E-state index contributed by atoms with van der Waals surface area (Å²) < 4.78 is 0. The van der Waals surface area contributed by atoms with E-state index in [-0.39, 0.29) is 47.0 Å². The standard InChI is InChI=1S/C8H14N4O2S.Na/c13-7(14)5-1-3-6(4-2-5)12-8(15)9-10-11-12;/h5-6,8,15H,1-4H2,(H,9,11)(H,13,14);/q;+1/p-1. The van der Waals surface area contributed by atoms with Crippen molar-refractivity contribution in [3.63, 3.8) is 0 Å². The van der Waals surface area contributed by atoms with Crippen molar-refractivity contribution in [3.05, 3.63) is 0 Å². The molecule has 0 aromatic carbocycles. The van der Waals surface area contributed by atoms with Gasteiger partial charge in [-0.25, -0.2) is 5.53 Å². The van der Waals surface area contributed by atoms with Gasteiger partial charge in [-0.2, -0.15) is 5.01 Å². The molecule has 6 nitrogen and oxygen atoms in total. The Morgan fingerprint density at radius 3 is 2.44 bits per heavy atom. The topological polar surface area (TPSA) is 80.1 Å². The maximum Gasteiger partial charge on any atom is 1.00 e. The Hall–Kier alpha value is 0.180. The molecule has 1 N–H and O–H groups in total. The van der Waals surface area contributed by atoms with E-state index in [0.29, 0.717) is 12.8 Å². The second-order valence-electron chi connectivity index (χ2n) is 3.89. The van der Waals surface area contributed by atoms with E-state index in [0.717, 1.165) is 12.8 Å². The predicted molar refractivity (Wildman–Crippen MR) is 53.4 cm³/mol. The molecule has 0 aromatic rings. The van der Waals surface area contributed by atoms with Gasteiger partial charge in [-0.05, 0) is 31.6 Å². The molecule has 1 unspecified atom stereocenters. The van der Waals surface area contributed by atoms with Gasteiger partial charge in [0.25, 0.3) is 0 Å². The van der Waals surface area contributed by atoms with Crippen molar-refractivity contribution in [1.82, 2.24) is 10.5 Å². The van der Waals surface area contributed by atoms with E-state index in [4.69, 9.17) is 0 Å². The van der Waals surface area contributed by atoms with Gasteiger partial charge in [0.1, 0.15) is 0 Å². The molecular weight excluding hydrogens is 239 g/mol. The summed E-state index contributed by atoms with van der Waals surface area (Å²) in [4.78, 5) is 10.7. The van der Waals surface area contributed by atoms with Crippen LogP contribution in [0.15, 0.2) is 10.3 Å². The molecule has 0 radical (unpaired) electrons. The molecule has 1 heterocycles. The smallest absolute Gasteiger partial charge is 0.550 e. The maximum atomic E-state index is 10.7. The number of carboxylic acid groups (broad SMARTS) is 1. The Labute approximate surface area is 122 Å². The second kappa shape index (κ2) is 6.20. The third kappa shape index (κ3) is 3.10. The van der Waals surface area contributed by atoms with Crippen molar-refractivity contribution in [2.75, 3.05) is 0 Å². The molecule has 8 heteroatoms. The van der Waals surface area contributed by atoms with E-state index in [1.54, 1.807) is 0 Å². The van der Waals surface area contributed by atoms with E-state index in [2.05, 4.69) is 28.5 Å². The number of nitrogens with one attached hydrogen (secondary N) is 1. The number of carbonyl (C=O) groups excluding carboxylic acids is 1. The number of hydrogen-bond acceptors (Lipinski definition) is 7. The first-order chi connectivity index (χ1) is 7.18. The zero-order chi connectivity index (χ0) is 10.8. The Bertz CT molecular complexity index is 283. The van der Waals surface area contributed by atoms with Gasteiger partial charge in [-0.15, -0.1) is 17.7 Å². The maximum absolute atomic E-state index is 10.7. The first-order valence-corrected chi connectivity index (χ1v) is 5.53.